The zero-order valence-corrected chi connectivity index (χ0v) is 15.1. The average Bonchev–Trinajstić information content (AvgIpc) is 2.58. The summed E-state index contributed by atoms with van der Waals surface area (Å²) in [5.74, 6) is 0. The minimum atomic E-state index is -4.34. The fourth-order valence-electron chi connectivity index (χ4n) is 2.97. The van der Waals surface area contributed by atoms with Crippen molar-refractivity contribution < 1.29 is 21.6 Å². The molecule has 1 aliphatic rings. The third-order valence-electron chi connectivity index (χ3n) is 4.44. The predicted molar refractivity (Wildman–Crippen MR) is 91.1 cm³/mol. The van der Waals surface area contributed by atoms with Gasteiger partial charge in [-0.25, -0.2) is 13.2 Å². The summed E-state index contributed by atoms with van der Waals surface area (Å²) in [5.41, 5.74) is -1.05. The molecule has 3 rings (SSSR count). The van der Waals surface area contributed by atoms with Crippen molar-refractivity contribution in [3.63, 3.8) is 0 Å². The minimum Gasteiger partial charge on any atom is -0.307 e. The number of nitrogens with one attached hydrogen (secondary N) is 1. The number of benzene rings is 1. The zero-order valence-electron chi connectivity index (χ0n) is 14.3. The van der Waals surface area contributed by atoms with Crippen LogP contribution in [-0.4, -0.2) is 66.1 Å². The zero-order chi connectivity index (χ0) is 20.0. The molecule has 8 nitrogen and oxygen atoms in total. The molecule has 148 valence electrons. The highest BCUT2D eigenvalue weighted by molar-refractivity contribution is 7.89. The van der Waals surface area contributed by atoms with E-state index in [1.807, 2.05) is 0 Å². The van der Waals surface area contributed by atoms with E-state index in [2.05, 4.69) is 4.98 Å². The van der Waals surface area contributed by atoms with E-state index in [0.717, 1.165) is 13.8 Å². The van der Waals surface area contributed by atoms with Crippen molar-refractivity contribution in [3.8, 4) is 0 Å². The molecular formula is C15H17F3N4O4S. The average molecular weight is 406 g/mol. The molecule has 1 aromatic heterocycles. The summed E-state index contributed by atoms with van der Waals surface area (Å²) < 4.78 is 64.9. The fourth-order valence-corrected chi connectivity index (χ4v) is 4.42. The Hall–Kier alpha value is -2.18. The number of hydrogen-bond acceptors (Lipinski definition) is 5. The van der Waals surface area contributed by atoms with Crippen LogP contribution in [0.2, 0.25) is 0 Å². The fraction of sp³-hybridized carbons (Fsp3) is 0.467. The van der Waals surface area contributed by atoms with E-state index in [9.17, 15) is 31.2 Å². The SMILES string of the molecule is Cn1c(=O)[nH]c2ccc(S(=O)(=O)N3CCN(CC(F)(F)F)CC3)cc2c1=O. The van der Waals surface area contributed by atoms with Gasteiger partial charge in [0.15, 0.2) is 0 Å². The van der Waals surface area contributed by atoms with Crippen molar-refractivity contribution in [2.45, 2.75) is 11.1 Å². The van der Waals surface area contributed by atoms with E-state index in [1.54, 1.807) is 0 Å². The molecule has 0 amide bonds. The van der Waals surface area contributed by atoms with Crippen LogP contribution in [0, 0.1) is 0 Å². The summed E-state index contributed by atoms with van der Waals surface area (Å²) in [4.78, 5) is 27.3. The maximum absolute atomic E-state index is 12.8. The van der Waals surface area contributed by atoms with Crippen LogP contribution in [0.15, 0.2) is 32.7 Å². The quantitative estimate of drug-likeness (QED) is 0.780. The Morgan fingerprint density at radius 3 is 2.33 bits per heavy atom. The molecule has 1 N–H and O–H groups in total. The molecule has 2 aromatic rings. The van der Waals surface area contributed by atoms with Gasteiger partial charge in [-0.1, -0.05) is 0 Å². The van der Waals surface area contributed by atoms with E-state index in [4.69, 9.17) is 0 Å². The Kier molecular flexibility index (Phi) is 4.91. The summed E-state index contributed by atoms with van der Waals surface area (Å²) in [6.45, 7) is -1.33. The second-order valence-electron chi connectivity index (χ2n) is 6.30. The molecule has 0 bridgehead atoms. The highest BCUT2D eigenvalue weighted by Crippen LogP contribution is 2.22. The Bertz CT molecular complexity index is 1080. The number of aromatic nitrogens is 2. The summed E-state index contributed by atoms with van der Waals surface area (Å²) in [6, 6.07) is 3.76. The van der Waals surface area contributed by atoms with Crippen LogP contribution in [0.5, 0.6) is 0 Å². The standard InChI is InChI=1S/C15H17F3N4O4S/c1-20-13(23)11-8-10(2-3-12(11)19-14(20)24)27(25,26)22-6-4-21(5-7-22)9-15(16,17)18/h2-3,8H,4-7,9H2,1H3,(H,19,24). The van der Waals surface area contributed by atoms with E-state index < -0.39 is 34.0 Å². The van der Waals surface area contributed by atoms with Gasteiger partial charge < -0.3 is 4.98 Å². The molecule has 0 aliphatic carbocycles. The second-order valence-corrected chi connectivity index (χ2v) is 8.24. The molecule has 27 heavy (non-hydrogen) atoms. The third-order valence-corrected chi connectivity index (χ3v) is 6.34. The first-order valence-corrected chi connectivity index (χ1v) is 9.45. The second kappa shape index (κ2) is 6.77. The summed E-state index contributed by atoms with van der Waals surface area (Å²) >= 11 is 0. The van der Waals surface area contributed by atoms with Crippen LogP contribution in [0.3, 0.4) is 0 Å². The molecule has 0 saturated carbocycles. The Morgan fingerprint density at radius 1 is 1.11 bits per heavy atom. The van der Waals surface area contributed by atoms with Gasteiger partial charge in [-0.15, -0.1) is 0 Å². The molecule has 0 atom stereocenters. The monoisotopic (exact) mass is 406 g/mol. The summed E-state index contributed by atoms with van der Waals surface area (Å²) in [5, 5.41) is 0.0360. The molecule has 12 heteroatoms. The van der Waals surface area contributed by atoms with E-state index in [0.29, 0.717) is 0 Å². The maximum atomic E-state index is 12.8. The van der Waals surface area contributed by atoms with Gasteiger partial charge in [0.25, 0.3) is 5.56 Å². The molecule has 1 saturated heterocycles. The third kappa shape index (κ3) is 3.92. The molecule has 0 unspecified atom stereocenters. The van der Waals surface area contributed by atoms with Crippen LogP contribution >= 0.6 is 0 Å². The highest BCUT2D eigenvalue weighted by Gasteiger charge is 2.35. The lowest BCUT2D eigenvalue weighted by Crippen LogP contribution is -2.50. The number of aromatic amines is 1. The number of halogens is 3. The van der Waals surface area contributed by atoms with E-state index in [-0.39, 0.29) is 42.0 Å². The number of fused-ring (bicyclic) bond motifs is 1. The largest absolute Gasteiger partial charge is 0.401 e. The topological polar surface area (TPSA) is 95.5 Å². The van der Waals surface area contributed by atoms with Crippen molar-refractivity contribution in [3.05, 3.63) is 39.0 Å². The lowest BCUT2D eigenvalue weighted by molar-refractivity contribution is -0.148. The van der Waals surface area contributed by atoms with E-state index in [1.165, 1.54) is 25.2 Å². The number of hydrogen-bond donors (Lipinski definition) is 1. The van der Waals surface area contributed by atoms with Crippen LogP contribution in [-0.2, 0) is 17.1 Å². The summed E-state index contributed by atoms with van der Waals surface area (Å²) in [6.07, 6.45) is -4.34. The molecule has 2 heterocycles. The van der Waals surface area contributed by atoms with Crippen molar-refractivity contribution in [2.75, 3.05) is 32.7 Å². The van der Waals surface area contributed by atoms with Gasteiger partial charge >= 0.3 is 11.9 Å². The maximum Gasteiger partial charge on any atom is 0.401 e. The van der Waals surface area contributed by atoms with Gasteiger partial charge in [0, 0.05) is 33.2 Å². The molecule has 1 fully saturated rings. The number of piperazine rings is 1. The molecular weight excluding hydrogens is 389 g/mol. The lowest BCUT2D eigenvalue weighted by Gasteiger charge is -2.34. The van der Waals surface area contributed by atoms with E-state index >= 15 is 0 Å². The predicted octanol–water partition coefficient (Wildman–Crippen LogP) is 0.0954. The van der Waals surface area contributed by atoms with Gasteiger partial charge in [0.1, 0.15) is 0 Å². The molecule has 1 aliphatic heterocycles. The Morgan fingerprint density at radius 2 is 1.74 bits per heavy atom. The van der Waals surface area contributed by atoms with Crippen LogP contribution < -0.4 is 11.2 Å². The van der Waals surface area contributed by atoms with Gasteiger partial charge in [-0.05, 0) is 18.2 Å². The van der Waals surface area contributed by atoms with Crippen LogP contribution in [0.25, 0.3) is 10.9 Å². The molecule has 0 spiro atoms. The first-order valence-electron chi connectivity index (χ1n) is 8.01. The van der Waals surface area contributed by atoms with Gasteiger partial charge in [-0.3, -0.25) is 14.3 Å². The number of alkyl halides is 3. The smallest absolute Gasteiger partial charge is 0.307 e. The molecule has 0 radical (unpaired) electrons. The Balaban J connectivity index is 1.88. The highest BCUT2D eigenvalue weighted by atomic mass is 32.2. The normalized spacial score (nSPS) is 17.5. The molecule has 1 aromatic carbocycles. The van der Waals surface area contributed by atoms with Gasteiger partial charge in [-0.2, -0.15) is 17.5 Å². The van der Waals surface area contributed by atoms with Crippen molar-refractivity contribution in [2.24, 2.45) is 7.05 Å². The number of rotatable bonds is 3. The number of nitrogens with zero attached hydrogens (tertiary/aromatic N) is 3. The van der Waals surface area contributed by atoms with Gasteiger partial charge in [0.05, 0.1) is 22.3 Å². The first-order chi connectivity index (χ1) is 12.5. The number of sulfonamides is 1. The summed E-state index contributed by atoms with van der Waals surface area (Å²) in [7, 11) is -2.71. The van der Waals surface area contributed by atoms with Crippen molar-refractivity contribution in [1.82, 2.24) is 18.8 Å². The van der Waals surface area contributed by atoms with Crippen molar-refractivity contribution in [1.29, 1.82) is 0 Å². The van der Waals surface area contributed by atoms with Crippen LogP contribution in [0.1, 0.15) is 0 Å². The minimum absolute atomic E-state index is 0.0360. The van der Waals surface area contributed by atoms with Crippen molar-refractivity contribution >= 4 is 20.9 Å². The Labute approximate surface area is 151 Å². The number of H-pyrrole nitrogens is 1. The van der Waals surface area contributed by atoms with Crippen LogP contribution in [0.4, 0.5) is 13.2 Å². The lowest BCUT2D eigenvalue weighted by atomic mass is 10.2. The first kappa shape index (κ1) is 19.6. The van der Waals surface area contributed by atoms with Gasteiger partial charge in [0.2, 0.25) is 10.0 Å².